The van der Waals surface area contributed by atoms with Gasteiger partial charge in [0.25, 0.3) is 5.89 Å². The average Bonchev–Trinajstić information content (AvgIpc) is 3.21. The van der Waals surface area contributed by atoms with E-state index in [-0.39, 0.29) is 11.8 Å². The molecule has 2 aromatic heterocycles. The van der Waals surface area contributed by atoms with Gasteiger partial charge in [0.15, 0.2) is 0 Å². The van der Waals surface area contributed by atoms with Gasteiger partial charge in [0, 0.05) is 24.4 Å². The van der Waals surface area contributed by atoms with Gasteiger partial charge in [-0.2, -0.15) is 4.98 Å². The maximum absolute atomic E-state index is 12.4. The number of rotatable bonds is 7. The Kier molecular flexibility index (Phi) is 6.40. The molecule has 3 aromatic rings. The third kappa shape index (κ3) is 4.89. The molecule has 2 heterocycles. The zero-order valence-electron chi connectivity index (χ0n) is 19.3. The van der Waals surface area contributed by atoms with E-state index in [4.69, 9.17) is 9.51 Å². The molecule has 0 saturated heterocycles. The highest BCUT2D eigenvalue weighted by molar-refractivity contribution is 5.65. The number of nitrogens with zero attached hydrogens (tertiary/aromatic N) is 3. The van der Waals surface area contributed by atoms with E-state index in [1.807, 2.05) is 12.4 Å². The molecule has 0 amide bonds. The molecular formula is C26H31F2N3O. The summed E-state index contributed by atoms with van der Waals surface area (Å²) in [6, 6.07) is 4.12. The van der Waals surface area contributed by atoms with Crippen LogP contribution in [0.2, 0.25) is 0 Å². The molecule has 4 nitrogen and oxygen atoms in total. The van der Waals surface area contributed by atoms with Gasteiger partial charge < -0.3 is 4.52 Å². The Morgan fingerprint density at radius 1 is 1.09 bits per heavy atom. The summed E-state index contributed by atoms with van der Waals surface area (Å²) in [7, 11) is 0. The lowest BCUT2D eigenvalue weighted by atomic mass is 9.74. The van der Waals surface area contributed by atoms with Crippen LogP contribution in [0.3, 0.4) is 0 Å². The summed E-state index contributed by atoms with van der Waals surface area (Å²) in [6.07, 6.45) is 6.76. The number of aromatic nitrogens is 3. The fourth-order valence-corrected chi connectivity index (χ4v) is 4.80. The van der Waals surface area contributed by atoms with E-state index in [9.17, 15) is 8.78 Å². The molecule has 0 N–H and O–H groups in total. The third-order valence-corrected chi connectivity index (χ3v) is 6.58. The molecule has 1 aliphatic carbocycles. The lowest BCUT2D eigenvalue weighted by Gasteiger charge is -2.31. The van der Waals surface area contributed by atoms with Crippen LogP contribution < -0.4 is 0 Å². The zero-order valence-corrected chi connectivity index (χ0v) is 19.3. The minimum atomic E-state index is -2.22. The van der Waals surface area contributed by atoms with Crippen molar-refractivity contribution in [2.45, 2.75) is 79.1 Å². The van der Waals surface area contributed by atoms with Crippen LogP contribution in [0.5, 0.6) is 0 Å². The van der Waals surface area contributed by atoms with Crippen LogP contribution >= 0.6 is 0 Å². The molecule has 0 unspecified atom stereocenters. The minimum Gasteiger partial charge on any atom is -0.334 e. The second-order valence-corrected chi connectivity index (χ2v) is 9.81. The standard InChI is InChI=1S/C26H31F2N3O/c1-16-11-18(12-17(2)20(16)7-5-6-8-23(27)28)24-30-25(32-31-24)22-15-29-14-19-13-26(3,4)10-9-21(19)22/h11-12,14-15,23H,5-10,13H2,1-4H3. The van der Waals surface area contributed by atoms with Crippen LogP contribution in [0.25, 0.3) is 22.8 Å². The molecule has 4 rings (SSSR count). The van der Waals surface area contributed by atoms with Gasteiger partial charge in [-0.15, -0.1) is 0 Å². The number of halogens is 2. The second kappa shape index (κ2) is 9.08. The van der Waals surface area contributed by atoms with E-state index in [2.05, 4.69) is 50.0 Å². The smallest absolute Gasteiger partial charge is 0.260 e. The van der Waals surface area contributed by atoms with Crippen molar-refractivity contribution in [1.29, 1.82) is 0 Å². The number of aryl methyl sites for hydroxylation is 2. The number of pyridine rings is 1. The van der Waals surface area contributed by atoms with Crippen molar-refractivity contribution >= 4 is 0 Å². The number of hydrogen-bond acceptors (Lipinski definition) is 4. The molecule has 170 valence electrons. The maximum atomic E-state index is 12.4. The van der Waals surface area contributed by atoms with Gasteiger partial charge in [0.1, 0.15) is 0 Å². The highest BCUT2D eigenvalue weighted by Crippen LogP contribution is 2.38. The highest BCUT2D eigenvalue weighted by atomic mass is 19.3. The fraction of sp³-hybridized carbons (Fsp3) is 0.500. The summed E-state index contributed by atoms with van der Waals surface area (Å²) >= 11 is 0. The molecule has 0 saturated carbocycles. The van der Waals surface area contributed by atoms with Crippen molar-refractivity contribution in [3.8, 4) is 22.8 Å². The summed E-state index contributed by atoms with van der Waals surface area (Å²) in [5.41, 5.74) is 8.13. The molecule has 0 bridgehead atoms. The summed E-state index contributed by atoms with van der Waals surface area (Å²) in [5, 5.41) is 4.25. The minimum absolute atomic E-state index is 0.0304. The topological polar surface area (TPSA) is 51.8 Å². The SMILES string of the molecule is Cc1cc(-c2noc(-c3cncc4c3CCC(C)(C)C4)n2)cc(C)c1CCCCC(F)F. The quantitative estimate of drug-likeness (QED) is 0.375. The summed E-state index contributed by atoms with van der Waals surface area (Å²) in [4.78, 5) is 9.13. The Morgan fingerprint density at radius 2 is 1.84 bits per heavy atom. The third-order valence-electron chi connectivity index (χ3n) is 6.58. The van der Waals surface area contributed by atoms with E-state index in [1.54, 1.807) is 0 Å². The van der Waals surface area contributed by atoms with Crippen molar-refractivity contribution in [1.82, 2.24) is 15.1 Å². The van der Waals surface area contributed by atoms with Crippen molar-refractivity contribution in [3.63, 3.8) is 0 Å². The maximum Gasteiger partial charge on any atom is 0.260 e. The van der Waals surface area contributed by atoms with Crippen molar-refractivity contribution in [2.24, 2.45) is 5.41 Å². The fourth-order valence-electron chi connectivity index (χ4n) is 4.80. The Bertz CT molecular complexity index is 1080. The lowest BCUT2D eigenvalue weighted by molar-refractivity contribution is 0.134. The number of alkyl halides is 2. The first-order valence-electron chi connectivity index (χ1n) is 11.4. The zero-order chi connectivity index (χ0) is 22.9. The van der Waals surface area contributed by atoms with Crippen LogP contribution in [-0.4, -0.2) is 21.6 Å². The molecule has 0 atom stereocenters. The van der Waals surface area contributed by atoms with Crippen LogP contribution in [0.15, 0.2) is 29.0 Å². The summed E-state index contributed by atoms with van der Waals surface area (Å²) < 4.78 is 30.4. The highest BCUT2D eigenvalue weighted by Gasteiger charge is 2.28. The number of fused-ring (bicyclic) bond motifs is 1. The summed E-state index contributed by atoms with van der Waals surface area (Å²) in [6.45, 7) is 8.69. The van der Waals surface area contributed by atoms with Gasteiger partial charge in [-0.05, 0) is 97.7 Å². The molecule has 32 heavy (non-hydrogen) atoms. The van der Waals surface area contributed by atoms with Gasteiger partial charge in [-0.25, -0.2) is 8.78 Å². The van der Waals surface area contributed by atoms with Crippen molar-refractivity contribution in [2.75, 3.05) is 0 Å². The summed E-state index contributed by atoms with van der Waals surface area (Å²) in [5.74, 6) is 1.07. The first-order chi connectivity index (χ1) is 15.2. The predicted octanol–water partition coefficient (Wildman–Crippen LogP) is 6.91. The van der Waals surface area contributed by atoms with E-state index >= 15 is 0 Å². The number of benzene rings is 1. The first kappa shape index (κ1) is 22.6. The van der Waals surface area contributed by atoms with Crippen molar-refractivity contribution < 1.29 is 13.3 Å². The number of hydrogen-bond donors (Lipinski definition) is 0. The van der Waals surface area contributed by atoms with Crippen LogP contribution in [0.1, 0.15) is 67.3 Å². The van der Waals surface area contributed by atoms with Gasteiger partial charge in [-0.3, -0.25) is 4.98 Å². The van der Waals surface area contributed by atoms with E-state index < -0.39 is 6.43 Å². The number of unbranched alkanes of at least 4 members (excludes halogenated alkanes) is 1. The predicted molar refractivity (Wildman–Crippen MR) is 122 cm³/mol. The molecular weight excluding hydrogens is 408 g/mol. The van der Waals surface area contributed by atoms with Crippen LogP contribution in [-0.2, 0) is 19.3 Å². The largest absolute Gasteiger partial charge is 0.334 e. The van der Waals surface area contributed by atoms with E-state index in [0.29, 0.717) is 18.1 Å². The van der Waals surface area contributed by atoms with E-state index in [1.165, 1.54) is 16.7 Å². The lowest BCUT2D eigenvalue weighted by Crippen LogP contribution is -2.22. The second-order valence-electron chi connectivity index (χ2n) is 9.81. The molecule has 0 radical (unpaired) electrons. The molecule has 1 aromatic carbocycles. The Balaban J connectivity index is 1.56. The van der Waals surface area contributed by atoms with Crippen molar-refractivity contribution in [3.05, 3.63) is 52.3 Å². The Labute approximate surface area is 188 Å². The normalized spacial score (nSPS) is 15.2. The first-order valence-corrected chi connectivity index (χ1v) is 11.4. The van der Waals surface area contributed by atoms with Crippen LogP contribution in [0, 0.1) is 19.3 Å². The molecule has 0 spiro atoms. The van der Waals surface area contributed by atoms with Gasteiger partial charge >= 0.3 is 0 Å². The average molecular weight is 440 g/mol. The van der Waals surface area contributed by atoms with Crippen LogP contribution in [0.4, 0.5) is 8.78 Å². The Morgan fingerprint density at radius 3 is 2.56 bits per heavy atom. The monoisotopic (exact) mass is 439 g/mol. The van der Waals surface area contributed by atoms with Gasteiger partial charge in [0.05, 0.1) is 5.56 Å². The molecule has 6 heteroatoms. The molecule has 1 aliphatic rings. The van der Waals surface area contributed by atoms with Gasteiger partial charge in [-0.1, -0.05) is 19.0 Å². The molecule has 0 fully saturated rings. The Hall–Kier alpha value is -2.63. The molecule has 0 aliphatic heterocycles. The van der Waals surface area contributed by atoms with Gasteiger partial charge in [0.2, 0.25) is 12.2 Å². The van der Waals surface area contributed by atoms with E-state index in [0.717, 1.165) is 54.4 Å².